The highest BCUT2D eigenvalue weighted by Crippen LogP contribution is 2.36. The molecule has 4 aliphatic rings. The monoisotopic (exact) mass is 776 g/mol. The molecule has 8 nitrogen and oxygen atoms in total. The van der Waals surface area contributed by atoms with Crippen LogP contribution in [0.2, 0.25) is 0 Å². The fraction of sp³-hybridized carbons (Fsp3) is 0.400. The van der Waals surface area contributed by atoms with E-state index in [9.17, 15) is 9.59 Å². The van der Waals surface area contributed by atoms with E-state index in [2.05, 4.69) is 44.0 Å². The minimum absolute atomic E-state index is 0.229. The van der Waals surface area contributed by atoms with Crippen molar-refractivity contribution in [1.82, 2.24) is 19.8 Å². The lowest BCUT2D eigenvalue weighted by atomic mass is 9.84. The van der Waals surface area contributed by atoms with Gasteiger partial charge in [-0.25, -0.2) is 9.59 Å². The number of likely N-dealkylation sites (tertiary alicyclic amines) is 2. The van der Waals surface area contributed by atoms with Gasteiger partial charge in [0.1, 0.15) is 13.2 Å². The maximum atomic E-state index is 13.0. The predicted molar refractivity (Wildman–Crippen MR) is 230 cm³/mol. The number of nitrogens with one attached hydrogen (secondary N) is 2. The number of fused-ring (bicyclic) bond motifs is 5. The summed E-state index contributed by atoms with van der Waals surface area (Å²) in [6, 6.07) is 29.9. The second-order valence-electron chi connectivity index (χ2n) is 16.9. The molecule has 300 valence electrons. The Morgan fingerprint density at radius 2 is 1.14 bits per heavy atom. The van der Waals surface area contributed by atoms with Crippen molar-refractivity contribution < 1.29 is 19.1 Å². The first-order valence-corrected chi connectivity index (χ1v) is 21.6. The average Bonchev–Trinajstić information content (AvgIpc) is 4.09. The number of aromatic amines is 2. The number of carbonyl (C=O) groups excluding carboxylic acids is 2. The smallest absolute Gasteiger partial charge is 0.340 e. The quantitative estimate of drug-likeness (QED) is 0.150. The van der Waals surface area contributed by atoms with Crippen LogP contribution in [-0.4, -0.2) is 70.0 Å². The number of H-pyrrole nitrogens is 2. The number of carbonyl (C=O) groups is 2. The molecule has 0 amide bonds. The van der Waals surface area contributed by atoms with Crippen LogP contribution in [-0.2, 0) is 48.4 Å². The maximum Gasteiger partial charge on any atom is 0.340 e. The van der Waals surface area contributed by atoms with Crippen LogP contribution in [0, 0.1) is 13.8 Å². The Labute approximate surface area is 341 Å². The fourth-order valence-corrected chi connectivity index (χ4v) is 10.2. The normalized spacial score (nSPS) is 19.4. The Hall–Kier alpha value is -5.18. The van der Waals surface area contributed by atoms with Gasteiger partial charge >= 0.3 is 11.9 Å². The Balaban J connectivity index is 0.000000150. The van der Waals surface area contributed by atoms with Crippen LogP contribution in [0.4, 0.5) is 0 Å². The molecule has 2 N–H and O–H groups in total. The fourth-order valence-electron chi connectivity index (χ4n) is 10.2. The van der Waals surface area contributed by atoms with E-state index in [0.717, 1.165) is 70.0 Å². The third-order valence-corrected chi connectivity index (χ3v) is 13.2. The molecule has 2 saturated heterocycles. The summed E-state index contributed by atoms with van der Waals surface area (Å²) in [5.74, 6) is -0.475. The van der Waals surface area contributed by atoms with Crippen molar-refractivity contribution in [3.05, 3.63) is 141 Å². The van der Waals surface area contributed by atoms with Crippen molar-refractivity contribution >= 4 is 33.7 Å². The second kappa shape index (κ2) is 17.0. The number of aromatic nitrogens is 2. The number of nitrogens with zero attached hydrogens (tertiary/aromatic N) is 2. The van der Waals surface area contributed by atoms with Crippen molar-refractivity contribution in [2.45, 2.75) is 103 Å². The zero-order chi connectivity index (χ0) is 39.6. The highest BCUT2D eigenvalue weighted by atomic mass is 16.5. The first kappa shape index (κ1) is 38.3. The molecule has 2 fully saturated rings. The molecular weight excluding hydrogens is 721 g/mol. The van der Waals surface area contributed by atoms with E-state index < -0.39 is 0 Å². The molecular formula is C50H56N4O4. The number of aryl methyl sites for hydroxylation is 4. The Kier molecular flexibility index (Phi) is 11.2. The summed E-state index contributed by atoms with van der Waals surface area (Å²) >= 11 is 0. The molecule has 0 radical (unpaired) electrons. The largest absolute Gasteiger partial charge is 0.457 e. The van der Waals surface area contributed by atoms with Gasteiger partial charge in [0.25, 0.3) is 0 Å². The lowest BCUT2D eigenvalue weighted by Crippen LogP contribution is -2.37. The van der Waals surface area contributed by atoms with Crippen molar-refractivity contribution in [2.75, 3.05) is 26.2 Å². The Morgan fingerprint density at radius 3 is 1.76 bits per heavy atom. The number of rotatable bonds is 8. The van der Waals surface area contributed by atoms with Crippen molar-refractivity contribution in [3.63, 3.8) is 0 Å². The molecule has 2 aromatic heterocycles. The first-order valence-electron chi connectivity index (χ1n) is 21.6. The number of esters is 2. The molecule has 2 unspecified atom stereocenters. The average molecular weight is 777 g/mol. The molecule has 0 spiro atoms. The third kappa shape index (κ3) is 7.97. The minimum atomic E-state index is -0.246. The van der Waals surface area contributed by atoms with Crippen LogP contribution in [0.15, 0.2) is 84.9 Å². The zero-order valence-electron chi connectivity index (χ0n) is 34.1. The summed E-state index contributed by atoms with van der Waals surface area (Å²) in [4.78, 5) is 38.1. The molecule has 4 heterocycles. The van der Waals surface area contributed by atoms with Gasteiger partial charge in [0, 0.05) is 45.3 Å². The number of hydrogen-bond donors (Lipinski definition) is 2. The highest BCUT2D eigenvalue weighted by Gasteiger charge is 2.31. The zero-order valence-corrected chi connectivity index (χ0v) is 34.1. The molecule has 2 atom stereocenters. The van der Waals surface area contributed by atoms with Crippen molar-refractivity contribution in [3.8, 4) is 0 Å². The van der Waals surface area contributed by atoms with Gasteiger partial charge in [-0.3, -0.25) is 0 Å². The SMILES string of the molecule is Cc1[nH]c2cc3c(cc2c1C(=O)OCc1ccccc1)CC(N1CCCC1)CC3.Cc1[nH]c2ccc3c(c2c1C(=O)OCc1ccccc1)CCC(N1CCCC1)C3. The number of ether oxygens (including phenoxy) is 2. The van der Waals surface area contributed by atoms with E-state index in [1.807, 2.05) is 74.5 Å². The van der Waals surface area contributed by atoms with Crippen LogP contribution in [0.1, 0.15) is 104 Å². The standard InChI is InChI=1S/2C25H28N2O2/c1-17-23(25(28)29-16-18-7-3-2-4-8-18)24-21-11-10-20(27-13-5-6-14-27)15-19(21)9-12-22(24)26-17;1-17-24(25(28)29-16-18-7-3-2-4-8-18)22-14-20-13-21(27-11-5-6-12-27)10-9-19(20)15-23(22)26-17/h2-4,7-9,12,20,26H,5-6,10-11,13-16H2,1H3;2-4,7-8,14-15,21,26H,5-6,9-13,16H2,1H3. The summed E-state index contributed by atoms with van der Waals surface area (Å²) < 4.78 is 11.3. The van der Waals surface area contributed by atoms with Crippen LogP contribution in [0.3, 0.4) is 0 Å². The number of hydrogen-bond acceptors (Lipinski definition) is 6. The van der Waals surface area contributed by atoms with E-state index in [1.54, 1.807) is 0 Å². The van der Waals surface area contributed by atoms with E-state index >= 15 is 0 Å². The summed E-state index contributed by atoms with van der Waals surface area (Å²) in [6.45, 7) is 9.49. The molecule has 0 bridgehead atoms. The van der Waals surface area contributed by atoms with Crippen molar-refractivity contribution in [2.24, 2.45) is 0 Å². The summed E-state index contributed by atoms with van der Waals surface area (Å²) in [7, 11) is 0. The summed E-state index contributed by atoms with van der Waals surface area (Å²) in [5, 5.41) is 2.08. The third-order valence-electron chi connectivity index (χ3n) is 13.2. The first-order chi connectivity index (χ1) is 28.4. The molecule has 4 aromatic carbocycles. The van der Waals surface area contributed by atoms with Crippen LogP contribution in [0.5, 0.6) is 0 Å². The van der Waals surface area contributed by atoms with Crippen LogP contribution >= 0.6 is 0 Å². The lowest BCUT2D eigenvalue weighted by Gasteiger charge is -2.32. The van der Waals surface area contributed by atoms with E-state index in [1.165, 1.54) is 87.0 Å². The van der Waals surface area contributed by atoms with Crippen LogP contribution < -0.4 is 0 Å². The van der Waals surface area contributed by atoms with Crippen LogP contribution in [0.25, 0.3) is 21.8 Å². The molecule has 2 aliphatic heterocycles. The molecule has 58 heavy (non-hydrogen) atoms. The van der Waals surface area contributed by atoms with Gasteiger partial charge in [-0.15, -0.1) is 0 Å². The lowest BCUT2D eigenvalue weighted by molar-refractivity contribution is 0.0465. The van der Waals surface area contributed by atoms with Gasteiger partial charge in [0.15, 0.2) is 0 Å². The highest BCUT2D eigenvalue weighted by molar-refractivity contribution is 6.07. The number of benzene rings is 4. The maximum absolute atomic E-state index is 13.0. The van der Waals surface area contributed by atoms with E-state index in [0.29, 0.717) is 36.4 Å². The second-order valence-corrected chi connectivity index (χ2v) is 16.9. The topological polar surface area (TPSA) is 90.7 Å². The van der Waals surface area contributed by atoms with Crippen molar-refractivity contribution in [1.29, 1.82) is 0 Å². The van der Waals surface area contributed by atoms with Gasteiger partial charge in [-0.2, -0.15) is 0 Å². The summed E-state index contributed by atoms with van der Waals surface area (Å²) in [5.41, 5.74) is 12.9. The minimum Gasteiger partial charge on any atom is -0.457 e. The molecule has 8 heteroatoms. The van der Waals surface area contributed by atoms with Gasteiger partial charge in [0.05, 0.1) is 11.1 Å². The van der Waals surface area contributed by atoms with Gasteiger partial charge in [0.2, 0.25) is 0 Å². The Morgan fingerprint density at radius 1 is 0.603 bits per heavy atom. The van der Waals surface area contributed by atoms with Gasteiger partial charge in [-0.05, 0) is 156 Å². The van der Waals surface area contributed by atoms with E-state index in [4.69, 9.17) is 9.47 Å². The van der Waals surface area contributed by atoms with E-state index in [-0.39, 0.29) is 11.9 Å². The summed E-state index contributed by atoms with van der Waals surface area (Å²) in [6.07, 6.45) is 12.1. The molecule has 0 saturated carbocycles. The molecule has 6 aromatic rings. The molecule has 2 aliphatic carbocycles. The van der Waals surface area contributed by atoms with Gasteiger partial charge < -0.3 is 29.2 Å². The van der Waals surface area contributed by atoms with Gasteiger partial charge in [-0.1, -0.05) is 66.7 Å². The molecule has 10 rings (SSSR count). The predicted octanol–water partition coefficient (Wildman–Crippen LogP) is 9.57. The Bertz CT molecular complexity index is 2380.